The number of carbonyl (C=O) groups excluding carboxylic acids is 1. The summed E-state index contributed by atoms with van der Waals surface area (Å²) in [6, 6.07) is 19.0. The maximum absolute atomic E-state index is 12.3. The molecule has 0 radical (unpaired) electrons. The molecule has 0 aliphatic heterocycles. The van der Waals surface area contributed by atoms with Gasteiger partial charge in [-0.2, -0.15) is 0 Å². The van der Waals surface area contributed by atoms with E-state index in [9.17, 15) is 24.6 Å². The van der Waals surface area contributed by atoms with Crippen molar-refractivity contribution < 1.29 is 34.4 Å². The first-order valence-electron chi connectivity index (χ1n) is 13.5. The average Bonchev–Trinajstić information content (AvgIpc) is 2.88. The molecule has 1 amide bonds. The zero-order valence-electron chi connectivity index (χ0n) is 24.7. The van der Waals surface area contributed by atoms with Gasteiger partial charge in [-0.25, -0.2) is 9.59 Å². The Labute approximate surface area is 242 Å². The average molecular weight is 564 g/mol. The van der Waals surface area contributed by atoms with Crippen molar-refractivity contribution in [3.63, 3.8) is 0 Å². The predicted molar refractivity (Wildman–Crippen MR) is 160 cm³/mol. The Hall–Kier alpha value is -4.33. The third-order valence-electron chi connectivity index (χ3n) is 6.38. The Balaban J connectivity index is 0.000000553. The number of hydrogen-bond donors (Lipinski definition) is 4. The van der Waals surface area contributed by atoms with Gasteiger partial charge in [0.05, 0.1) is 23.4 Å². The molecule has 3 aromatic rings. The topological polar surface area (TPSA) is 133 Å². The van der Waals surface area contributed by atoms with Crippen LogP contribution in [-0.2, 0) is 10.2 Å². The number of hydrogen-bond acceptors (Lipinski definition) is 5. The van der Waals surface area contributed by atoms with Crippen LogP contribution in [0.5, 0.6) is 11.5 Å². The number of phenolic OH excluding ortho intramolecular Hbond substituents is 1. The summed E-state index contributed by atoms with van der Waals surface area (Å²) in [5.41, 5.74) is 2.38. The minimum absolute atomic E-state index is 0.0376. The Kier molecular flexibility index (Phi) is 11.5. The fourth-order valence-electron chi connectivity index (χ4n) is 4.72. The number of ether oxygens (including phenoxy) is 1. The van der Waals surface area contributed by atoms with Crippen LogP contribution < -0.4 is 10.1 Å². The number of rotatable bonds is 10. The van der Waals surface area contributed by atoms with Crippen LogP contribution in [0.2, 0.25) is 0 Å². The number of amides is 1. The number of phenols is 1. The monoisotopic (exact) mass is 563 g/mol. The van der Waals surface area contributed by atoms with Crippen molar-refractivity contribution in [1.29, 1.82) is 0 Å². The maximum Gasteiger partial charge on any atom is 0.336 e. The molecule has 8 nitrogen and oxygen atoms in total. The van der Waals surface area contributed by atoms with Gasteiger partial charge in [0.15, 0.2) is 0 Å². The largest absolute Gasteiger partial charge is 0.506 e. The highest BCUT2D eigenvalue weighted by molar-refractivity contribution is 5.97. The molecule has 0 aliphatic rings. The van der Waals surface area contributed by atoms with E-state index >= 15 is 0 Å². The number of benzene rings is 3. The van der Waals surface area contributed by atoms with Crippen molar-refractivity contribution in [1.82, 2.24) is 0 Å². The lowest BCUT2D eigenvalue weighted by Gasteiger charge is -2.33. The van der Waals surface area contributed by atoms with Crippen LogP contribution in [-0.4, -0.2) is 39.8 Å². The molecule has 0 saturated carbocycles. The van der Waals surface area contributed by atoms with Crippen molar-refractivity contribution in [3.8, 4) is 11.5 Å². The second-order valence-corrected chi connectivity index (χ2v) is 11.8. The first-order valence-corrected chi connectivity index (χ1v) is 13.5. The lowest BCUT2D eigenvalue weighted by Crippen LogP contribution is -2.24. The molecule has 0 unspecified atom stereocenters. The van der Waals surface area contributed by atoms with Crippen LogP contribution >= 0.6 is 0 Å². The Morgan fingerprint density at radius 2 is 1.44 bits per heavy atom. The Morgan fingerprint density at radius 1 is 0.829 bits per heavy atom. The summed E-state index contributed by atoms with van der Waals surface area (Å²) in [5.74, 6) is -1.71. The van der Waals surface area contributed by atoms with E-state index in [0.29, 0.717) is 24.2 Å². The number of aromatic hydroxyl groups is 1. The summed E-state index contributed by atoms with van der Waals surface area (Å²) in [7, 11) is 0. The third kappa shape index (κ3) is 10.6. The van der Waals surface area contributed by atoms with E-state index in [2.05, 4.69) is 52.1 Å². The summed E-state index contributed by atoms with van der Waals surface area (Å²) in [4.78, 5) is 33.7. The lowest BCUT2D eigenvalue weighted by atomic mass is 9.72. The zero-order valence-corrected chi connectivity index (χ0v) is 24.7. The zero-order chi connectivity index (χ0) is 30.8. The molecule has 0 aliphatic carbocycles. The van der Waals surface area contributed by atoms with E-state index in [-0.39, 0.29) is 40.2 Å². The number of carboxylic acids is 2. The highest BCUT2D eigenvalue weighted by Crippen LogP contribution is 2.36. The molecule has 0 fully saturated rings. The Morgan fingerprint density at radius 3 is 1.95 bits per heavy atom. The van der Waals surface area contributed by atoms with Gasteiger partial charge in [0.1, 0.15) is 11.5 Å². The van der Waals surface area contributed by atoms with E-state index in [4.69, 9.17) is 9.84 Å². The van der Waals surface area contributed by atoms with Gasteiger partial charge >= 0.3 is 11.9 Å². The fraction of sp³-hybridized carbons (Fsp3) is 0.364. The molecule has 0 heterocycles. The van der Waals surface area contributed by atoms with Crippen LogP contribution in [0.1, 0.15) is 85.7 Å². The van der Waals surface area contributed by atoms with Crippen LogP contribution in [0.25, 0.3) is 0 Å². The second kappa shape index (κ2) is 14.3. The maximum atomic E-state index is 12.3. The lowest BCUT2D eigenvalue weighted by molar-refractivity contribution is -0.116. The molecule has 41 heavy (non-hydrogen) atoms. The fourth-order valence-corrected chi connectivity index (χ4v) is 4.72. The summed E-state index contributed by atoms with van der Waals surface area (Å²) in [5, 5.41) is 30.2. The van der Waals surface area contributed by atoms with Crippen LogP contribution in [0.3, 0.4) is 0 Å². The summed E-state index contributed by atoms with van der Waals surface area (Å²) in [6.45, 7) is 13.2. The molecular weight excluding hydrogens is 522 g/mol. The van der Waals surface area contributed by atoms with Gasteiger partial charge in [-0.3, -0.25) is 4.79 Å². The third-order valence-corrected chi connectivity index (χ3v) is 6.38. The number of anilines is 1. The second-order valence-electron chi connectivity index (χ2n) is 11.8. The normalized spacial score (nSPS) is 11.2. The van der Waals surface area contributed by atoms with Gasteiger partial charge in [0.25, 0.3) is 0 Å². The molecule has 3 rings (SSSR count). The molecule has 8 heteroatoms. The van der Waals surface area contributed by atoms with Gasteiger partial charge in [-0.05, 0) is 78.1 Å². The van der Waals surface area contributed by atoms with Gasteiger partial charge < -0.3 is 25.4 Å². The van der Waals surface area contributed by atoms with Crippen molar-refractivity contribution in [2.24, 2.45) is 5.41 Å². The molecule has 3 aromatic carbocycles. The van der Waals surface area contributed by atoms with Crippen LogP contribution in [0.15, 0.2) is 66.7 Å². The summed E-state index contributed by atoms with van der Waals surface area (Å²) >= 11 is 0. The van der Waals surface area contributed by atoms with E-state index in [1.54, 1.807) is 37.3 Å². The molecule has 4 N–H and O–H groups in total. The van der Waals surface area contributed by atoms with Gasteiger partial charge in [0.2, 0.25) is 5.91 Å². The minimum atomic E-state index is -1.11. The first-order chi connectivity index (χ1) is 19.1. The summed E-state index contributed by atoms with van der Waals surface area (Å²) < 4.78 is 5.77. The molecule has 220 valence electrons. The summed E-state index contributed by atoms with van der Waals surface area (Å²) in [6.07, 6.45) is 1.74. The standard InChI is InChI=1S/C26H35NO5.C7H6O2/c1-17-20(24(30)31)13-14-21(28)23(17)27-22(29)8-7-15-32-19-11-9-18(10-12-19)26(5,6)16-25(2,3)4;8-7(9)6-4-2-1-3-5-6/h9-14,28H,7-8,15-16H2,1-6H3,(H,27,29)(H,30,31);1-5H,(H,8,9). The van der Waals surface area contributed by atoms with E-state index in [1.807, 2.05) is 12.1 Å². The first kappa shape index (κ1) is 32.9. The number of carboxylic acid groups (broad SMARTS) is 2. The van der Waals surface area contributed by atoms with Crippen molar-refractivity contribution in [2.75, 3.05) is 11.9 Å². The number of carbonyl (C=O) groups is 3. The van der Waals surface area contributed by atoms with Gasteiger partial charge in [-0.1, -0.05) is 65.0 Å². The molecule has 0 atom stereocenters. The molecule has 0 saturated heterocycles. The molecule has 0 aromatic heterocycles. The molecule has 0 spiro atoms. The predicted octanol–water partition coefficient (Wildman–Crippen LogP) is 7.30. The highest BCUT2D eigenvalue weighted by atomic mass is 16.5. The van der Waals surface area contributed by atoms with Crippen molar-refractivity contribution in [3.05, 3.63) is 89.0 Å². The minimum Gasteiger partial charge on any atom is -0.506 e. The SMILES string of the molecule is Cc1c(C(=O)O)ccc(O)c1NC(=O)CCCOc1ccc(C(C)(C)CC(C)(C)C)cc1.O=C(O)c1ccccc1. The van der Waals surface area contributed by atoms with E-state index in [1.165, 1.54) is 17.7 Å². The van der Waals surface area contributed by atoms with Crippen molar-refractivity contribution >= 4 is 23.5 Å². The quantitative estimate of drug-likeness (QED) is 0.150. The van der Waals surface area contributed by atoms with Crippen LogP contribution in [0, 0.1) is 12.3 Å². The molecular formula is C33H41NO7. The Bertz CT molecular complexity index is 1320. The van der Waals surface area contributed by atoms with E-state index < -0.39 is 11.9 Å². The van der Waals surface area contributed by atoms with Crippen LogP contribution in [0.4, 0.5) is 5.69 Å². The number of aromatic carboxylic acids is 2. The van der Waals surface area contributed by atoms with Gasteiger partial charge in [-0.15, -0.1) is 0 Å². The van der Waals surface area contributed by atoms with Gasteiger partial charge in [0, 0.05) is 6.42 Å². The van der Waals surface area contributed by atoms with Crippen molar-refractivity contribution in [2.45, 2.75) is 66.2 Å². The number of nitrogens with one attached hydrogen (secondary N) is 1. The smallest absolute Gasteiger partial charge is 0.336 e. The highest BCUT2D eigenvalue weighted by Gasteiger charge is 2.27. The van der Waals surface area contributed by atoms with E-state index in [0.717, 1.165) is 12.2 Å². The molecule has 0 bridgehead atoms.